The zero-order valence-electron chi connectivity index (χ0n) is 10.7. The molecule has 0 amide bonds. The first-order valence-corrected chi connectivity index (χ1v) is 5.62. The minimum atomic E-state index is -0.256. The Morgan fingerprint density at radius 3 is 2.89 bits per heavy atom. The smallest absolute Gasteiger partial charge is 0.162 e. The van der Waals surface area contributed by atoms with Crippen LogP contribution in [0.1, 0.15) is 23.0 Å². The van der Waals surface area contributed by atoms with Crippen LogP contribution in [-0.2, 0) is 7.05 Å². The van der Waals surface area contributed by atoms with Crippen molar-refractivity contribution in [3.8, 4) is 5.75 Å². The van der Waals surface area contributed by atoms with E-state index in [0.29, 0.717) is 5.75 Å². The molecule has 6 nitrogen and oxygen atoms in total. The molecular formula is C12H17N5O. The average Bonchev–Trinajstić information content (AvgIpc) is 2.74. The molecule has 0 spiro atoms. The Morgan fingerprint density at radius 2 is 2.28 bits per heavy atom. The fraction of sp³-hybridized carbons (Fsp3) is 0.333. The summed E-state index contributed by atoms with van der Waals surface area (Å²) in [5.41, 5.74) is 5.54. The summed E-state index contributed by atoms with van der Waals surface area (Å²) in [6.07, 6.45) is 3.41. The maximum Gasteiger partial charge on any atom is 0.162 e. The van der Waals surface area contributed by atoms with Gasteiger partial charge >= 0.3 is 0 Å². The number of hydrogen-bond acceptors (Lipinski definition) is 5. The Bertz CT molecular complexity index is 537. The van der Waals surface area contributed by atoms with E-state index in [1.165, 1.54) is 0 Å². The number of methoxy groups -OCH3 is 1. The van der Waals surface area contributed by atoms with Gasteiger partial charge in [0.25, 0.3) is 0 Å². The summed E-state index contributed by atoms with van der Waals surface area (Å²) in [6, 6.07) is 3.64. The molecule has 6 heteroatoms. The second-order valence-corrected chi connectivity index (χ2v) is 4.03. The van der Waals surface area contributed by atoms with Gasteiger partial charge in [0.15, 0.2) is 5.75 Å². The lowest BCUT2D eigenvalue weighted by Crippen LogP contribution is -2.31. The number of nitrogens with two attached hydrogens (primary N) is 1. The van der Waals surface area contributed by atoms with Crippen molar-refractivity contribution >= 4 is 0 Å². The van der Waals surface area contributed by atoms with E-state index in [9.17, 15) is 0 Å². The van der Waals surface area contributed by atoms with Gasteiger partial charge in [-0.3, -0.25) is 15.5 Å². The summed E-state index contributed by atoms with van der Waals surface area (Å²) < 4.78 is 7.04. The molecule has 0 aliphatic rings. The number of nitrogens with one attached hydrogen (secondary N) is 1. The van der Waals surface area contributed by atoms with Crippen LogP contribution in [0.5, 0.6) is 5.75 Å². The highest BCUT2D eigenvalue weighted by molar-refractivity contribution is 5.36. The van der Waals surface area contributed by atoms with Gasteiger partial charge in [-0.2, -0.15) is 5.10 Å². The highest BCUT2D eigenvalue weighted by atomic mass is 16.5. The predicted octanol–water partition coefficient (Wildman–Crippen LogP) is 0.685. The van der Waals surface area contributed by atoms with Crippen molar-refractivity contribution in [2.24, 2.45) is 12.9 Å². The van der Waals surface area contributed by atoms with Crippen molar-refractivity contribution in [3.63, 3.8) is 0 Å². The summed E-state index contributed by atoms with van der Waals surface area (Å²) >= 11 is 0. The van der Waals surface area contributed by atoms with Crippen LogP contribution in [0.4, 0.5) is 0 Å². The van der Waals surface area contributed by atoms with Crippen LogP contribution in [0, 0.1) is 6.92 Å². The van der Waals surface area contributed by atoms with E-state index in [2.05, 4.69) is 15.5 Å². The molecule has 2 rings (SSSR count). The van der Waals surface area contributed by atoms with Gasteiger partial charge in [0.1, 0.15) is 11.7 Å². The molecule has 2 heterocycles. The topological polar surface area (TPSA) is 78.0 Å². The van der Waals surface area contributed by atoms with Gasteiger partial charge in [0.2, 0.25) is 0 Å². The lowest BCUT2D eigenvalue weighted by atomic mass is 10.1. The fourth-order valence-electron chi connectivity index (χ4n) is 2.00. The predicted molar refractivity (Wildman–Crippen MR) is 67.9 cm³/mol. The lowest BCUT2D eigenvalue weighted by molar-refractivity contribution is 0.400. The zero-order valence-corrected chi connectivity index (χ0v) is 10.7. The normalized spacial score (nSPS) is 12.4. The van der Waals surface area contributed by atoms with Crippen LogP contribution in [0.3, 0.4) is 0 Å². The third-order valence-corrected chi connectivity index (χ3v) is 2.93. The summed E-state index contributed by atoms with van der Waals surface area (Å²) in [7, 11) is 3.46. The van der Waals surface area contributed by atoms with Crippen molar-refractivity contribution in [2.45, 2.75) is 13.0 Å². The number of hydrogen-bond donors (Lipinski definition) is 2. The Labute approximate surface area is 106 Å². The number of aryl methyl sites for hydroxylation is 2. The molecule has 0 aliphatic carbocycles. The molecule has 0 aliphatic heterocycles. The van der Waals surface area contributed by atoms with Crippen molar-refractivity contribution in [1.82, 2.24) is 20.2 Å². The van der Waals surface area contributed by atoms with Crippen LogP contribution < -0.4 is 16.0 Å². The summed E-state index contributed by atoms with van der Waals surface area (Å²) in [4.78, 5) is 4.38. The first-order valence-electron chi connectivity index (χ1n) is 5.62. The van der Waals surface area contributed by atoms with Crippen molar-refractivity contribution in [3.05, 3.63) is 41.5 Å². The van der Waals surface area contributed by atoms with Gasteiger partial charge in [-0.1, -0.05) is 6.07 Å². The maximum atomic E-state index is 5.67. The molecule has 1 atom stereocenters. The Balaban J connectivity index is 2.52. The van der Waals surface area contributed by atoms with Crippen molar-refractivity contribution < 1.29 is 4.74 Å². The number of pyridine rings is 1. The van der Waals surface area contributed by atoms with Gasteiger partial charge in [0, 0.05) is 13.2 Å². The number of rotatable bonds is 4. The van der Waals surface area contributed by atoms with Crippen molar-refractivity contribution in [2.75, 3.05) is 7.11 Å². The number of nitrogens with zero attached hydrogens (tertiary/aromatic N) is 3. The second kappa shape index (κ2) is 5.16. The molecule has 0 bridgehead atoms. The van der Waals surface area contributed by atoms with Crippen LogP contribution in [0.15, 0.2) is 24.5 Å². The first kappa shape index (κ1) is 12.5. The maximum absolute atomic E-state index is 5.67. The molecule has 2 aromatic rings. The van der Waals surface area contributed by atoms with E-state index >= 15 is 0 Å². The van der Waals surface area contributed by atoms with Crippen LogP contribution >= 0.6 is 0 Å². The second-order valence-electron chi connectivity index (χ2n) is 4.03. The van der Waals surface area contributed by atoms with Crippen LogP contribution in [0.25, 0.3) is 0 Å². The van der Waals surface area contributed by atoms with E-state index in [1.54, 1.807) is 24.2 Å². The number of aromatic nitrogens is 3. The third-order valence-electron chi connectivity index (χ3n) is 2.93. The molecule has 3 N–H and O–H groups in total. The van der Waals surface area contributed by atoms with E-state index in [-0.39, 0.29) is 6.04 Å². The molecule has 0 saturated carbocycles. The van der Waals surface area contributed by atoms with E-state index in [1.807, 2.05) is 26.1 Å². The largest absolute Gasteiger partial charge is 0.493 e. The number of hydrazine groups is 1. The Hall–Kier alpha value is -1.92. The van der Waals surface area contributed by atoms with Crippen LogP contribution in [0.2, 0.25) is 0 Å². The summed E-state index contributed by atoms with van der Waals surface area (Å²) in [6.45, 7) is 2.00. The van der Waals surface area contributed by atoms with E-state index in [4.69, 9.17) is 10.6 Å². The highest BCUT2D eigenvalue weighted by Gasteiger charge is 2.23. The molecule has 96 valence electrons. The van der Waals surface area contributed by atoms with Gasteiger partial charge < -0.3 is 4.74 Å². The third kappa shape index (κ3) is 2.07. The highest BCUT2D eigenvalue weighted by Crippen LogP contribution is 2.29. The van der Waals surface area contributed by atoms with E-state index in [0.717, 1.165) is 17.0 Å². The summed E-state index contributed by atoms with van der Waals surface area (Å²) in [5.74, 6) is 6.36. The molecule has 2 aromatic heterocycles. The van der Waals surface area contributed by atoms with Gasteiger partial charge in [-0.05, 0) is 18.6 Å². The minimum Gasteiger partial charge on any atom is -0.493 e. The lowest BCUT2D eigenvalue weighted by Gasteiger charge is -2.18. The average molecular weight is 247 g/mol. The quantitative estimate of drug-likeness (QED) is 0.614. The molecule has 0 fully saturated rings. The molecule has 0 saturated heterocycles. The molecule has 1 unspecified atom stereocenters. The molecule has 0 radical (unpaired) electrons. The SMILES string of the molecule is COc1cnn(C)c1C(NN)c1ncccc1C. The Kier molecular flexibility index (Phi) is 3.59. The van der Waals surface area contributed by atoms with E-state index < -0.39 is 0 Å². The van der Waals surface area contributed by atoms with Gasteiger partial charge in [-0.15, -0.1) is 0 Å². The van der Waals surface area contributed by atoms with Crippen molar-refractivity contribution in [1.29, 1.82) is 0 Å². The molecular weight excluding hydrogens is 230 g/mol. The molecule has 18 heavy (non-hydrogen) atoms. The summed E-state index contributed by atoms with van der Waals surface area (Å²) in [5, 5.41) is 4.18. The molecule has 0 aromatic carbocycles. The Morgan fingerprint density at radius 1 is 1.50 bits per heavy atom. The van der Waals surface area contributed by atoms with Crippen LogP contribution in [-0.4, -0.2) is 21.9 Å². The minimum absolute atomic E-state index is 0.256. The standard InChI is InChI=1S/C12H17N5O/c1-8-5-4-6-14-10(8)11(16-13)12-9(18-3)7-15-17(12)2/h4-7,11,16H,13H2,1-3H3. The zero-order chi connectivity index (χ0) is 13.1. The monoisotopic (exact) mass is 247 g/mol. The first-order chi connectivity index (χ1) is 8.69. The van der Waals surface area contributed by atoms with Gasteiger partial charge in [-0.25, -0.2) is 5.43 Å². The number of ether oxygens (including phenoxy) is 1. The fourth-order valence-corrected chi connectivity index (χ4v) is 2.00. The van der Waals surface area contributed by atoms with Gasteiger partial charge in [0.05, 0.1) is 19.0 Å².